The van der Waals surface area contributed by atoms with Crippen LogP contribution in [0.4, 0.5) is 0 Å². The van der Waals surface area contributed by atoms with E-state index in [1.54, 1.807) is 18.3 Å². The molecule has 0 fully saturated rings. The fraction of sp³-hybridized carbons (Fsp3) is 0.0909. The van der Waals surface area contributed by atoms with E-state index in [2.05, 4.69) is 28.0 Å². The third-order valence-electron chi connectivity index (χ3n) is 3.96. The lowest BCUT2D eigenvalue weighted by atomic mass is 10.1. The van der Waals surface area contributed by atoms with Gasteiger partial charge in [0.15, 0.2) is 5.11 Å². The zero-order chi connectivity index (χ0) is 19.8. The fourth-order valence-corrected chi connectivity index (χ4v) is 2.84. The first-order chi connectivity index (χ1) is 13.6. The molecule has 2 N–H and O–H groups in total. The molecule has 1 atom stereocenters. The summed E-state index contributed by atoms with van der Waals surface area (Å²) >= 11 is 11.2. The molecule has 0 heterocycles. The summed E-state index contributed by atoms with van der Waals surface area (Å²) in [6, 6.07) is 25.0. The predicted octanol–water partition coefficient (Wildman–Crippen LogP) is 5.69. The van der Waals surface area contributed by atoms with E-state index in [0.29, 0.717) is 10.1 Å². The van der Waals surface area contributed by atoms with E-state index in [1.165, 1.54) is 0 Å². The summed E-state index contributed by atoms with van der Waals surface area (Å²) < 4.78 is 5.77. The average Bonchev–Trinajstić information content (AvgIpc) is 2.71. The van der Waals surface area contributed by atoms with Crippen LogP contribution in [0, 0.1) is 0 Å². The summed E-state index contributed by atoms with van der Waals surface area (Å²) in [6.45, 7) is 2.05. The fourth-order valence-electron chi connectivity index (χ4n) is 2.48. The molecule has 0 aromatic heterocycles. The Kier molecular flexibility index (Phi) is 7.00. The molecule has 0 spiro atoms. The zero-order valence-corrected chi connectivity index (χ0v) is 16.9. The molecule has 0 saturated heterocycles. The summed E-state index contributed by atoms with van der Waals surface area (Å²) in [7, 11) is 0. The minimum atomic E-state index is 0.0979. The van der Waals surface area contributed by atoms with Gasteiger partial charge in [-0.05, 0) is 78.8 Å². The molecule has 0 bridgehead atoms. The zero-order valence-electron chi connectivity index (χ0n) is 15.3. The number of thiocarbonyl (C=S) groups is 1. The van der Waals surface area contributed by atoms with Crippen molar-refractivity contribution in [2.45, 2.75) is 13.0 Å². The SMILES string of the molecule is C[C@H](NC(=S)N/N=C/c1ccc(Oc2ccc(Cl)cc2)cc1)c1ccccc1. The van der Waals surface area contributed by atoms with E-state index in [4.69, 9.17) is 28.6 Å². The Hall–Kier alpha value is -2.89. The van der Waals surface area contributed by atoms with Gasteiger partial charge in [0.05, 0.1) is 12.3 Å². The first-order valence-corrected chi connectivity index (χ1v) is 9.57. The standard InChI is InChI=1S/C22H20ClN3OS/c1-16(18-5-3-2-4-6-18)25-22(28)26-24-15-17-7-11-20(12-8-17)27-21-13-9-19(23)10-14-21/h2-16H,1H3,(H2,25,26,28)/b24-15+/t16-/m0/s1. The van der Waals surface area contributed by atoms with Gasteiger partial charge < -0.3 is 10.1 Å². The third kappa shape index (κ3) is 6.08. The van der Waals surface area contributed by atoms with E-state index in [9.17, 15) is 0 Å². The molecular formula is C22H20ClN3OS. The van der Waals surface area contributed by atoms with Crippen LogP contribution >= 0.6 is 23.8 Å². The molecule has 142 valence electrons. The number of benzene rings is 3. The molecule has 0 saturated carbocycles. The van der Waals surface area contributed by atoms with Gasteiger partial charge in [-0.2, -0.15) is 5.10 Å². The Labute approximate surface area is 175 Å². The minimum Gasteiger partial charge on any atom is -0.457 e. The smallest absolute Gasteiger partial charge is 0.187 e. The quantitative estimate of drug-likeness (QED) is 0.312. The number of nitrogens with one attached hydrogen (secondary N) is 2. The third-order valence-corrected chi connectivity index (χ3v) is 4.42. The highest BCUT2D eigenvalue weighted by atomic mass is 35.5. The lowest BCUT2D eigenvalue weighted by Crippen LogP contribution is -2.34. The van der Waals surface area contributed by atoms with E-state index < -0.39 is 0 Å². The van der Waals surface area contributed by atoms with Crippen molar-refractivity contribution in [2.75, 3.05) is 0 Å². The molecule has 0 aliphatic carbocycles. The second-order valence-electron chi connectivity index (χ2n) is 6.10. The Balaban J connectivity index is 1.48. The Morgan fingerprint density at radius 1 is 0.964 bits per heavy atom. The van der Waals surface area contributed by atoms with Gasteiger partial charge in [0.2, 0.25) is 0 Å². The van der Waals surface area contributed by atoms with Crippen LogP contribution < -0.4 is 15.5 Å². The highest BCUT2D eigenvalue weighted by Gasteiger charge is 2.05. The van der Waals surface area contributed by atoms with Gasteiger partial charge in [-0.1, -0.05) is 41.9 Å². The number of nitrogens with zero attached hydrogens (tertiary/aromatic N) is 1. The molecule has 4 nitrogen and oxygen atoms in total. The van der Waals surface area contributed by atoms with Crippen LogP contribution in [0.25, 0.3) is 0 Å². The molecule has 0 aliphatic heterocycles. The van der Waals surface area contributed by atoms with E-state index in [1.807, 2.05) is 61.5 Å². The van der Waals surface area contributed by atoms with Gasteiger partial charge in [-0.3, -0.25) is 5.43 Å². The molecule has 6 heteroatoms. The largest absolute Gasteiger partial charge is 0.457 e. The number of rotatable bonds is 6. The topological polar surface area (TPSA) is 45.7 Å². The predicted molar refractivity (Wildman–Crippen MR) is 119 cm³/mol. The van der Waals surface area contributed by atoms with Crippen molar-refractivity contribution in [1.82, 2.24) is 10.7 Å². The molecule has 3 aromatic rings. The molecule has 0 aliphatic rings. The van der Waals surface area contributed by atoms with E-state index in [-0.39, 0.29) is 6.04 Å². The highest BCUT2D eigenvalue weighted by Crippen LogP contribution is 2.23. The van der Waals surface area contributed by atoms with Crippen LogP contribution in [-0.4, -0.2) is 11.3 Å². The summed E-state index contributed by atoms with van der Waals surface area (Å²) in [6.07, 6.45) is 1.70. The molecule has 0 amide bonds. The Morgan fingerprint density at radius 3 is 2.21 bits per heavy atom. The Morgan fingerprint density at radius 2 is 1.57 bits per heavy atom. The lowest BCUT2D eigenvalue weighted by molar-refractivity contribution is 0.482. The van der Waals surface area contributed by atoms with Crippen molar-refractivity contribution in [2.24, 2.45) is 5.10 Å². The number of hydrogen-bond donors (Lipinski definition) is 2. The summed E-state index contributed by atoms with van der Waals surface area (Å²) in [4.78, 5) is 0. The van der Waals surface area contributed by atoms with Crippen LogP contribution in [0.5, 0.6) is 11.5 Å². The maximum atomic E-state index is 5.88. The normalized spacial score (nSPS) is 11.8. The second-order valence-corrected chi connectivity index (χ2v) is 6.95. The van der Waals surface area contributed by atoms with Gasteiger partial charge in [-0.25, -0.2) is 0 Å². The number of hydrogen-bond acceptors (Lipinski definition) is 3. The van der Waals surface area contributed by atoms with Crippen LogP contribution in [0.3, 0.4) is 0 Å². The van der Waals surface area contributed by atoms with Crippen molar-refractivity contribution in [3.8, 4) is 11.5 Å². The van der Waals surface area contributed by atoms with Gasteiger partial charge in [0.1, 0.15) is 11.5 Å². The number of hydrazone groups is 1. The van der Waals surface area contributed by atoms with Crippen molar-refractivity contribution < 1.29 is 4.74 Å². The second kappa shape index (κ2) is 9.88. The van der Waals surface area contributed by atoms with Gasteiger partial charge in [0, 0.05) is 5.02 Å². The van der Waals surface area contributed by atoms with Gasteiger partial charge >= 0.3 is 0 Å². The average molecular weight is 410 g/mol. The van der Waals surface area contributed by atoms with E-state index in [0.717, 1.165) is 22.6 Å². The maximum Gasteiger partial charge on any atom is 0.187 e. The van der Waals surface area contributed by atoms with Crippen molar-refractivity contribution in [3.63, 3.8) is 0 Å². The lowest BCUT2D eigenvalue weighted by Gasteiger charge is -2.15. The molecular weight excluding hydrogens is 390 g/mol. The first-order valence-electron chi connectivity index (χ1n) is 8.78. The first kappa shape index (κ1) is 19.9. The minimum absolute atomic E-state index is 0.0979. The molecule has 28 heavy (non-hydrogen) atoms. The Bertz CT molecular complexity index is 928. The number of halogens is 1. The van der Waals surface area contributed by atoms with Gasteiger partial charge in [0.25, 0.3) is 0 Å². The maximum absolute atomic E-state index is 5.88. The summed E-state index contributed by atoms with van der Waals surface area (Å²) in [5, 5.41) is 8.52. The number of ether oxygens (including phenoxy) is 1. The van der Waals surface area contributed by atoms with Gasteiger partial charge in [-0.15, -0.1) is 0 Å². The highest BCUT2D eigenvalue weighted by molar-refractivity contribution is 7.80. The molecule has 3 rings (SSSR count). The van der Waals surface area contributed by atoms with Crippen LogP contribution in [0.2, 0.25) is 5.02 Å². The molecule has 3 aromatic carbocycles. The summed E-state index contributed by atoms with van der Waals surface area (Å²) in [5.74, 6) is 1.47. The van der Waals surface area contributed by atoms with Crippen LogP contribution in [0.15, 0.2) is 84.0 Å². The van der Waals surface area contributed by atoms with Crippen molar-refractivity contribution in [3.05, 3.63) is 95.0 Å². The molecule has 0 unspecified atom stereocenters. The van der Waals surface area contributed by atoms with Crippen molar-refractivity contribution >= 4 is 35.1 Å². The van der Waals surface area contributed by atoms with Crippen molar-refractivity contribution in [1.29, 1.82) is 0 Å². The van der Waals surface area contributed by atoms with Crippen LogP contribution in [0.1, 0.15) is 24.1 Å². The summed E-state index contributed by atoms with van der Waals surface area (Å²) in [5.41, 5.74) is 4.92. The monoisotopic (exact) mass is 409 g/mol. The molecule has 0 radical (unpaired) electrons. The van der Waals surface area contributed by atoms with E-state index >= 15 is 0 Å². The van der Waals surface area contributed by atoms with Crippen LogP contribution in [-0.2, 0) is 0 Å².